The van der Waals surface area contributed by atoms with Crippen molar-refractivity contribution in [2.24, 2.45) is 0 Å². The summed E-state index contributed by atoms with van der Waals surface area (Å²) in [4.78, 5) is 56.2. The summed E-state index contributed by atoms with van der Waals surface area (Å²) in [5, 5.41) is 43.8. The molecule has 0 aromatic heterocycles. The third-order valence-corrected chi connectivity index (χ3v) is 3.44. The predicted octanol–water partition coefficient (Wildman–Crippen LogP) is -3.63. The normalized spacial score (nSPS) is 9.43. The van der Waals surface area contributed by atoms with Gasteiger partial charge in [0.1, 0.15) is 0 Å². The van der Waals surface area contributed by atoms with Crippen LogP contribution in [0.25, 0.3) is 0 Å². The molecule has 0 unspecified atom stereocenters. The number of hydrogen-bond acceptors (Lipinski definition) is 9. The number of carbonyl (C=O) groups is 5. The van der Waals surface area contributed by atoms with Crippen LogP contribution < -0.4 is 20.4 Å². The van der Waals surface area contributed by atoms with Crippen LogP contribution in [0.15, 0.2) is 36.4 Å². The number of hydrogen-bond donors (Lipinski definition) is 0. The van der Waals surface area contributed by atoms with E-state index in [1.165, 1.54) is 0 Å². The van der Waals surface area contributed by atoms with Gasteiger partial charge in [-0.2, -0.15) is 0 Å². The van der Waals surface area contributed by atoms with Gasteiger partial charge in [-0.15, -0.1) is 0 Å². The fourth-order valence-corrected chi connectivity index (χ4v) is 2.23. The molecule has 0 saturated heterocycles. The van der Waals surface area contributed by atoms with Crippen molar-refractivity contribution >= 4 is 29.7 Å². The SMILES string of the molecule is O=C(c1ccc(C(=O)[O-])c(C(=O)[O-])c1)c1ccc(C(=O)[O-])c(C(=O)[O-])c1.[Cu].[Cu]. The van der Waals surface area contributed by atoms with Gasteiger partial charge in [0.25, 0.3) is 0 Å². The van der Waals surface area contributed by atoms with Crippen molar-refractivity contribution in [3.05, 3.63) is 69.8 Å². The van der Waals surface area contributed by atoms with Gasteiger partial charge in [0.2, 0.25) is 0 Å². The van der Waals surface area contributed by atoms with E-state index in [0.29, 0.717) is 0 Å². The molecule has 0 saturated carbocycles. The third kappa shape index (κ3) is 5.05. The summed E-state index contributed by atoms with van der Waals surface area (Å²) in [5.41, 5.74) is -3.60. The Hall–Kier alpha value is -2.97. The second-order valence-electron chi connectivity index (χ2n) is 5.00. The molecule has 0 aliphatic heterocycles. The molecule has 0 atom stereocenters. The van der Waals surface area contributed by atoms with E-state index in [1.807, 2.05) is 0 Å². The van der Waals surface area contributed by atoms with Gasteiger partial charge in [0.15, 0.2) is 5.78 Å². The van der Waals surface area contributed by atoms with E-state index in [0.717, 1.165) is 36.4 Å². The maximum absolute atomic E-state index is 12.4. The van der Waals surface area contributed by atoms with Crippen LogP contribution in [0.4, 0.5) is 0 Å². The van der Waals surface area contributed by atoms with E-state index in [9.17, 15) is 44.4 Å². The number of ketones is 1. The molecular weight excluding hydrogens is 475 g/mol. The van der Waals surface area contributed by atoms with E-state index < -0.39 is 51.9 Å². The fourth-order valence-electron chi connectivity index (χ4n) is 2.23. The summed E-state index contributed by atoms with van der Waals surface area (Å²) in [6.07, 6.45) is 0. The predicted molar refractivity (Wildman–Crippen MR) is 73.6 cm³/mol. The van der Waals surface area contributed by atoms with Gasteiger partial charge >= 0.3 is 0 Å². The molecule has 0 aliphatic carbocycles. The van der Waals surface area contributed by atoms with Crippen molar-refractivity contribution in [2.75, 3.05) is 0 Å². The van der Waals surface area contributed by atoms with E-state index in [1.54, 1.807) is 0 Å². The number of aromatic carboxylic acids is 4. The molecule has 2 rings (SSSR count). The second kappa shape index (κ2) is 9.82. The molecule has 2 aromatic carbocycles. The average molecular weight is 481 g/mol. The van der Waals surface area contributed by atoms with Crippen LogP contribution in [0.5, 0.6) is 0 Å². The van der Waals surface area contributed by atoms with Crippen molar-refractivity contribution in [1.82, 2.24) is 0 Å². The molecule has 9 nitrogen and oxygen atoms in total. The quantitative estimate of drug-likeness (QED) is 0.297. The van der Waals surface area contributed by atoms with Crippen LogP contribution in [0, 0.1) is 0 Å². The Kier molecular flexibility index (Phi) is 8.78. The van der Waals surface area contributed by atoms with Gasteiger partial charge in [-0.05, 0) is 12.1 Å². The number of benzene rings is 2. The Morgan fingerprint density at radius 2 is 0.786 bits per heavy atom. The molecule has 0 bridgehead atoms. The van der Waals surface area contributed by atoms with Gasteiger partial charge < -0.3 is 39.6 Å². The zero-order valence-electron chi connectivity index (χ0n) is 13.2. The first-order valence-electron chi connectivity index (χ1n) is 6.81. The zero-order chi connectivity index (χ0) is 19.6. The van der Waals surface area contributed by atoms with E-state index in [2.05, 4.69) is 0 Å². The maximum Gasteiger partial charge on any atom is 0.193 e. The fraction of sp³-hybridized carbons (Fsp3) is 0. The molecule has 11 heteroatoms. The second-order valence-corrected chi connectivity index (χ2v) is 5.00. The van der Waals surface area contributed by atoms with Gasteiger partial charge in [0.05, 0.1) is 23.9 Å². The van der Waals surface area contributed by atoms with Gasteiger partial charge in [0, 0.05) is 67.5 Å². The molecule has 2 aromatic rings. The van der Waals surface area contributed by atoms with Crippen LogP contribution in [0.1, 0.15) is 57.4 Å². The Balaban J connectivity index is 0.00000364. The molecule has 0 amide bonds. The van der Waals surface area contributed by atoms with Crippen LogP contribution >= 0.6 is 0 Å². The average Bonchev–Trinajstić information content (AvgIpc) is 2.59. The Morgan fingerprint density at radius 1 is 0.500 bits per heavy atom. The molecule has 28 heavy (non-hydrogen) atoms. The van der Waals surface area contributed by atoms with E-state index >= 15 is 0 Å². The number of carboxylic acid groups (broad SMARTS) is 4. The van der Waals surface area contributed by atoms with Gasteiger partial charge in [-0.3, -0.25) is 4.79 Å². The molecule has 0 spiro atoms. The minimum absolute atomic E-state index is 0. The van der Waals surface area contributed by atoms with Crippen LogP contribution in [-0.4, -0.2) is 29.7 Å². The monoisotopic (exact) mass is 480 g/mol. The molecule has 154 valence electrons. The summed E-state index contributed by atoms with van der Waals surface area (Å²) >= 11 is 0. The molecule has 0 N–H and O–H groups in total. The Labute approximate surface area is 177 Å². The standard InChI is InChI=1S/C17H10O9.2Cu/c18-13(7-1-3-9(14(19)20)11(5-7)16(23)24)8-2-4-10(15(21)22)12(6-8)17(25)26;;/h1-6H,(H,19,20)(H,21,22)(H,23,24)(H,25,26);;/p-4. The first-order chi connectivity index (χ1) is 12.1. The first kappa shape index (κ1) is 25.0. The van der Waals surface area contributed by atoms with Gasteiger partial charge in [-0.1, -0.05) is 24.3 Å². The van der Waals surface area contributed by atoms with Gasteiger partial charge in [-0.25, -0.2) is 0 Å². The molecule has 2 radical (unpaired) electrons. The summed E-state index contributed by atoms with van der Waals surface area (Å²) in [5.74, 6) is -8.19. The van der Waals surface area contributed by atoms with Crippen molar-refractivity contribution in [1.29, 1.82) is 0 Å². The summed E-state index contributed by atoms with van der Waals surface area (Å²) in [6, 6.07) is 5.09. The summed E-state index contributed by atoms with van der Waals surface area (Å²) in [7, 11) is 0. The van der Waals surface area contributed by atoms with Crippen LogP contribution in [0.2, 0.25) is 0 Å². The van der Waals surface area contributed by atoms with Crippen molar-refractivity contribution in [3.8, 4) is 0 Å². The molecule has 0 heterocycles. The third-order valence-electron chi connectivity index (χ3n) is 3.44. The van der Waals surface area contributed by atoms with Crippen LogP contribution in [-0.2, 0) is 34.1 Å². The first-order valence-corrected chi connectivity index (χ1v) is 6.81. The molecule has 0 aliphatic rings. The van der Waals surface area contributed by atoms with Crippen molar-refractivity contribution in [2.45, 2.75) is 0 Å². The number of carboxylic acids is 4. The maximum atomic E-state index is 12.4. The summed E-state index contributed by atoms with van der Waals surface area (Å²) in [6.45, 7) is 0. The van der Waals surface area contributed by atoms with Crippen LogP contribution in [0.3, 0.4) is 0 Å². The van der Waals surface area contributed by atoms with Crippen molar-refractivity contribution < 1.29 is 78.5 Å². The number of carbonyl (C=O) groups excluding carboxylic acids is 5. The summed E-state index contributed by atoms with van der Waals surface area (Å²) < 4.78 is 0. The van der Waals surface area contributed by atoms with E-state index in [-0.39, 0.29) is 45.3 Å². The topological polar surface area (TPSA) is 178 Å². The molecular formula is C17H6Cu2O9-4. The Bertz CT molecular complexity index is 905. The number of rotatable bonds is 6. The smallest absolute Gasteiger partial charge is 0.193 e. The van der Waals surface area contributed by atoms with E-state index in [4.69, 9.17) is 0 Å². The zero-order valence-corrected chi connectivity index (χ0v) is 15.1. The molecule has 0 fully saturated rings. The minimum atomic E-state index is -1.86. The largest absolute Gasteiger partial charge is 0.545 e. The Morgan fingerprint density at radius 3 is 1.04 bits per heavy atom. The van der Waals surface area contributed by atoms with Crippen molar-refractivity contribution in [3.63, 3.8) is 0 Å². The minimum Gasteiger partial charge on any atom is -0.545 e.